The fraction of sp³-hybridized carbons (Fsp3) is 0.389. The van der Waals surface area contributed by atoms with Crippen molar-refractivity contribution in [2.75, 3.05) is 13.7 Å². The largest absolute Gasteiger partial charge is 0.496 e. The lowest BCUT2D eigenvalue weighted by molar-refractivity contribution is -0.121. The van der Waals surface area contributed by atoms with Gasteiger partial charge < -0.3 is 15.2 Å². The van der Waals surface area contributed by atoms with Crippen LogP contribution in [-0.4, -0.2) is 35.6 Å². The number of thiazole rings is 1. The van der Waals surface area contributed by atoms with E-state index in [1.54, 1.807) is 7.11 Å². The highest BCUT2D eigenvalue weighted by Crippen LogP contribution is 2.22. The molecule has 2 rings (SSSR count). The standard InChI is InChI=1S/C18H22N2O4S/c1-12(9-13-5-3-4-6-15(13)24-2)10-16(21)19-8-7-17-20-14(11-25-17)18(22)23/h3-6,11-12H,7-10H2,1-2H3,(H,19,21)(H,22,23). The Morgan fingerprint density at radius 3 is 2.80 bits per heavy atom. The third kappa shape index (κ3) is 5.86. The number of nitrogens with zero attached hydrogens (tertiary/aromatic N) is 1. The van der Waals surface area contributed by atoms with E-state index in [0.29, 0.717) is 24.4 Å². The Kier molecular flexibility index (Phi) is 6.94. The van der Waals surface area contributed by atoms with E-state index in [1.165, 1.54) is 16.7 Å². The van der Waals surface area contributed by atoms with Gasteiger partial charge in [-0.1, -0.05) is 25.1 Å². The first-order valence-corrected chi connectivity index (χ1v) is 8.94. The molecule has 134 valence electrons. The van der Waals surface area contributed by atoms with E-state index in [-0.39, 0.29) is 17.5 Å². The summed E-state index contributed by atoms with van der Waals surface area (Å²) in [6, 6.07) is 7.81. The van der Waals surface area contributed by atoms with E-state index in [0.717, 1.165) is 17.7 Å². The molecule has 0 saturated carbocycles. The summed E-state index contributed by atoms with van der Waals surface area (Å²) in [5, 5.41) is 13.9. The number of hydrogen-bond donors (Lipinski definition) is 2. The molecular weight excluding hydrogens is 340 g/mol. The zero-order valence-electron chi connectivity index (χ0n) is 14.3. The second-order valence-corrected chi connectivity index (χ2v) is 6.80. The number of carbonyl (C=O) groups is 2. The number of aromatic nitrogens is 1. The van der Waals surface area contributed by atoms with Crippen LogP contribution in [0.25, 0.3) is 0 Å². The van der Waals surface area contributed by atoms with Crippen molar-refractivity contribution < 1.29 is 19.4 Å². The SMILES string of the molecule is COc1ccccc1CC(C)CC(=O)NCCc1nc(C(=O)O)cs1. The second kappa shape index (κ2) is 9.17. The molecule has 1 amide bonds. The minimum atomic E-state index is -1.03. The van der Waals surface area contributed by atoms with Crippen LogP contribution >= 0.6 is 11.3 Å². The first-order valence-electron chi connectivity index (χ1n) is 8.06. The van der Waals surface area contributed by atoms with Gasteiger partial charge in [0, 0.05) is 24.8 Å². The van der Waals surface area contributed by atoms with Crippen molar-refractivity contribution in [1.82, 2.24) is 10.3 Å². The maximum absolute atomic E-state index is 12.0. The van der Waals surface area contributed by atoms with E-state index in [1.807, 2.05) is 31.2 Å². The Labute approximate surface area is 150 Å². The lowest BCUT2D eigenvalue weighted by Gasteiger charge is -2.14. The van der Waals surface area contributed by atoms with Gasteiger partial charge in [0.1, 0.15) is 5.75 Å². The molecule has 1 aromatic carbocycles. The molecule has 0 aliphatic heterocycles. The van der Waals surface area contributed by atoms with Crippen molar-refractivity contribution in [2.45, 2.75) is 26.2 Å². The van der Waals surface area contributed by atoms with Crippen molar-refractivity contribution in [3.63, 3.8) is 0 Å². The van der Waals surface area contributed by atoms with Crippen LogP contribution in [0.2, 0.25) is 0 Å². The first kappa shape index (κ1) is 18.9. The van der Waals surface area contributed by atoms with Crippen LogP contribution in [0.3, 0.4) is 0 Å². The van der Waals surface area contributed by atoms with Gasteiger partial charge in [0.25, 0.3) is 0 Å². The summed E-state index contributed by atoms with van der Waals surface area (Å²) in [6.45, 7) is 2.48. The van der Waals surface area contributed by atoms with Gasteiger partial charge in [0.2, 0.25) is 5.91 Å². The molecular formula is C18H22N2O4S. The monoisotopic (exact) mass is 362 g/mol. The maximum Gasteiger partial charge on any atom is 0.355 e. The molecule has 0 aliphatic carbocycles. The number of rotatable bonds is 9. The predicted molar refractivity (Wildman–Crippen MR) is 96.3 cm³/mol. The number of amides is 1. The molecule has 0 aliphatic rings. The Bertz CT molecular complexity index is 729. The summed E-state index contributed by atoms with van der Waals surface area (Å²) in [5.74, 6) is -0.0170. The zero-order chi connectivity index (χ0) is 18.2. The number of benzene rings is 1. The second-order valence-electron chi connectivity index (χ2n) is 5.86. The number of aromatic carboxylic acids is 1. The summed E-state index contributed by atoms with van der Waals surface area (Å²) in [7, 11) is 1.64. The topological polar surface area (TPSA) is 88.5 Å². The first-order chi connectivity index (χ1) is 12.0. The average Bonchev–Trinajstić information content (AvgIpc) is 3.04. The number of methoxy groups -OCH3 is 1. The lowest BCUT2D eigenvalue weighted by atomic mass is 9.97. The van der Waals surface area contributed by atoms with Gasteiger partial charge in [-0.05, 0) is 24.0 Å². The van der Waals surface area contributed by atoms with Gasteiger partial charge in [0.05, 0.1) is 12.1 Å². The number of carboxylic acid groups (broad SMARTS) is 1. The van der Waals surface area contributed by atoms with E-state index >= 15 is 0 Å². The highest BCUT2D eigenvalue weighted by molar-refractivity contribution is 7.09. The van der Waals surface area contributed by atoms with Gasteiger partial charge in [-0.25, -0.2) is 9.78 Å². The van der Waals surface area contributed by atoms with Crippen molar-refractivity contribution in [3.8, 4) is 5.75 Å². The molecule has 0 bridgehead atoms. The molecule has 25 heavy (non-hydrogen) atoms. The molecule has 0 spiro atoms. The van der Waals surface area contributed by atoms with Gasteiger partial charge >= 0.3 is 5.97 Å². The summed E-state index contributed by atoms with van der Waals surface area (Å²) in [4.78, 5) is 26.8. The minimum Gasteiger partial charge on any atom is -0.496 e. The van der Waals surface area contributed by atoms with Crippen molar-refractivity contribution in [1.29, 1.82) is 0 Å². The van der Waals surface area contributed by atoms with Crippen molar-refractivity contribution >= 4 is 23.2 Å². The van der Waals surface area contributed by atoms with Crippen LogP contribution in [0.1, 0.15) is 34.4 Å². The number of carboxylic acids is 1. The van der Waals surface area contributed by atoms with E-state index < -0.39 is 5.97 Å². The van der Waals surface area contributed by atoms with E-state index in [4.69, 9.17) is 9.84 Å². The van der Waals surface area contributed by atoms with Crippen LogP contribution in [0.4, 0.5) is 0 Å². The normalized spacial score (nSPS) is 11.8. The zero-order valence-corrected chi connectivity index (χ0v) is 15.1. The number of nitrogens with one attached hydrogen (secondary N) is 1. The lowest BCUT2D eigenvalue weighted by Crippen LogP contribution is -2.27. The molecule has 0 fully saturated rings. The van der Waals surface area contributed by atoms with Crippen LogP contribution in [-0.2, 0) is 17.6 Å². The quantitative estimate of drug-likeness (QED) is 0.716. The molecule has 2 N–H and O–H groups in total. The highest BCUT2D eigenvalue weighted by Gasteiger charge is 2.13. The van der Waals surface area contributed by atoms with E-state index in [2.05, 4.69) is 10.3 Å². The predicted octanol–water partition coefficient (Wildman–Crippen LogP) is 2.78. The number of ether oxygens (including phenoxy) is 1. The van der Waals surface area contributed by atoms with Crippen LogP contribution < -0.4 is 10.1 Å². The summed E-state index contributed by atoms with van der Waals surface area (Å²) in [6.07, 6.45) is 1.73. The fourth-order valence-electron chi connectivity index (χ4n) is 2.54. The summed E-state index contributed by atoms with van der Waals surface area (Å²) < 4.78 is 5.34. The van der Waals surface area contributed by atoms with Gasteiger partial charge in [0.15, 0.2) is 5.69 Å². The molecule has 2 aromatic rings. The molecule has 1 unspecified atom stereocenters. The number of hydrogen-bond acceptors (Lipinski definition) is 5. The highest BCUT2D eigenvalue weighted by atomic mass is 32.1. The third-order valence-electron chi connectivity index (χ3n) is 3.73. The molecule has 7 heteroatoms. The molecule has 0 radical (unpaired) electrons. The van der Waals surface area contributed by atoms with Crippen LogP contribution in [0.15, 0.2) is 29.6 Å². The van der Waals surface area contributed by atoms with Crippen molar-refractivity contribution in [2.24, 2.45) is 5.92 Å². The third-order valence-corrected chi connectivity index (χ3v) is 4.64. The molecule has 1 aromatic heterocycles. The Hall–Kier alpha value is -2.41. The van der Waals surface area contributed by atoms with Crippen molar-refractivity contribution in [3.05, 3.63) is 45.9 Å². The molecule has 1 atom stereocenters. The van der Waals surface area contributed by atoms with Crippen LogP contribution in [0, 0.1) is 5.92 Å². The maximum atomic E-state index is 12.0. The molecule has 6 nitrogen and oxygen atoms in total. The molecule has 1 heterocycles. The Balaban J connectivity index is 1.74. The van der Waals surface area contributed by atoms with Crippen LogP contribution in [0.5, 0.6) is 5.75 Å². The summed E-state index contributed by atoms with van der Waals surface area (Å²) in [5.41, 5.74) is 1.14. The fourth-order valence-corrected chi connectivity index (χ4v) is 3.31. The van der Waals surface area contributed by atoms with Gasteiger partial charge in [-0.2, -0.15) is 0 Å². The number of para-hydroxylation sites is 1. The Morgan fingerprint density at radius 2 is 2.12 bits per heavy atom. The number of carbonyl (C=O) groups excluding carboxylic acids is 1. The molecule has 0 saturated heterocycles. The Morgan fingerprint density at radius 1 is 1.36 bits per heavy atom. The smallest absolute Gasteiger partial charge is 0.355 e. The minimum absolute atomic E-state index is 0.0163. The summed E-state index contributed by atoms with van der Waals surface area (Å²) >= 11 is 1.29. The van der Waals surface area contributed by atoms with Gasteiger partial charge in [-0.15, -0.1) is 11.3 Å². The average molecular weight is 362 g/mol. The van der Waals surface area contributed by atoms with E-state index in [9.17, 15) is 9.59 Å². The van der Waals surface area contributed by atoms with Gasteiger partial charge in [-0.3, -0.25) is 4.79 Å².